The number of hydrogen-bond donors (Lipinski definition) is 3. The number of carboxylic acids is 1. The monoisotopic (exact) mass is 466 g/mol. The number of rotatable bonds is 9. The number of nitrogens with one attached hydrogen (secondary N) is 2. The molecule has 2 aliphatic carbocycles. The number of aliphatic carboxylic acids is 1. The Morgan fingerprint density at radius 1 is 1.03 bits per heavy atom. The molecular weight excluding hydrogens is 436 g/mol. The molecule has 3 N–H and O–H groups in total. The molecule has 0 aliphatic heterocycles. The first-order valence-electron chi connectivity index (χ1n) is 11.6. The van der Waals surface area contributed by atoms with E-state index in [1.165, 1.54) is 18.2 Å². The molecule has 8 nitrogen and oxygen atoms in total. The molecule has 0 heterocycles. The zero-order valence-electron chi connectivity index (χ0n) is 19.2. The van der Waals surface area contributed by atoms with E-state index in [2.05, 4.69) is 34.9 Å². The summed E-state index contributed by atoms with van der Waals surface area (Å²) in [5, 5.41) is 14.6. The predicted molar refractivity (Wildman–Crippen MR) is 125 cm³/mol. The minimum atomic E-state index is -1.13. The lowest BCUT2D eigenvalue weighted by Gasteiger charge is -2.17. The summed E-state index contributed by atoms with van der Waals surface area (Å²) in [5.74, 6) is -1.36. The first-order chi connectivity index (χ1) is 16.5. The lowest BCUT2D eigenvalue weighted by atomic mass is 9.98. The van der Waals surface area contributed by atoms with Crippen molar-refractivity contribution in [3.63, 3.8) is 0 Å². The van der Waals surface area contributed by atoms with Gasteiger partial charge in [-0.05, 0) is 47.4 Å². The standard InChI is InChI=1S/C26H30N2O6/c1-33-15-23(25(30)31)28-24(29)13-16-10-11-17(12-16)27-26(32)34-14-22-20-8-4-2-6-18(20)19-7-3-5-9-21(19)22/h2-9,16-17,22-23H,10-15H2,1H3,(H,27,32)(H,28,29)(H,30,31)/t16?,17?,23-/m0/s1. The van der Waals surface area contributed by atoms with Gasteiger partial charge < -0.3 is 25.2 Å². The van der Waals surface area contributed by atoms with E-state index in [4.69, 9.17) is 14.6 Å². The number of alkyl carbamates (subject to hydrolysis) is 1. The van der Waals surface area contributed by atoms with Gasteiger partial charge in [0, 0.05) is 25.5 Å². The quantitative estimate of drug-likeness (QED) is 0.523. The van der Waals surface area contributed by atoms with Gasteiger partial charge in [-0.15, -0.1) is 0 Å². The first kappa shape index (κ1) is 23.8. The van der Waals surface area contributed by atoms with Gasteiger partial charge in [-0.3, -0.25) is 4.79 Å². The van der Waals surface area contributed by atoms with Crippen LogP contribution in [0, 0.1) is 5.92 Å². The van der Waals surface area contributed by atoms with E-state index in [1.54, 1.807) is 0 Å². The molecule has 3 atom stereocenters. The van der Waals surface area contributed by atoms with Crippen LogP contribution in [0.3, 0.4) is 0 Å². The number of carboxylic acid groups (broad SMARTS) is 1. The van der Waals surface area contributed by atoms with Crippen LogP contribution in [0.25, 0.3) is 11.1 Å². The summed E-state index contributed by atoms with van der Waals surface area (Å²) in [6.45, 7) is 0.173. The molecule has 4 rings (SSSR count). The Kier molecular flexibility index (Phi) is 7.47. The third kappa shape index (κ3) is 5.39. The maximum Gasteiger partial charge on any atom is 0.407 e. The van der Waals surface area contributed by atoms with Gasteiger partial charge in [0.2, 0.25) is 5.91 Å². The maximum atomic E-state index is 12.5. The number of benzene rings is 2. The van der Waals surface area contributed by atoms with Crippen LogP contribution in [0.4, 0.5) is 4.79 Å². The number of ether oxygens (including phenoxy) is 2. The van der Waals surface area contributed by atoms with Crippen LogP contribution in [0.1, 0.15) is 42.7 Å². The summed E-state index contributed by atoms with van der Waals surface area (Å²) < 4.78 is 10.5. The largest absolute Gasteiger partial charge is 0.480 e. The average molecular weight is 467 g/mol. The van der Waals surface area contributed by atoms with Gasteiger partial charge in [-0.1, -0.05) is 48.5 Å². The Balaban J connectivity index is 1.25. The molecule has 0 radical (unpaired) electrons. The summed E-state index contributed by atoms with van der Waals surface area (Å²) in [7, 11) is 1.39. The highest BCUT2D eigenvalue weighted by molar-refractivity contribution is 5.83. The lowest BCUT2D eigenvalue weighted by Crippen LogP contribution is -2.44. The smallest absolute Gasteiger partial charge is 0.407 e. The molecule has 2 aromatic carbocycles. The normalized spacial score (nSPS) is 19.7. The van der Waals surface area contributed by atoms with Crippen molar-refractivity contribution in [2.45, 2.75) is 43.7 Å². The molecule has 180 valence electrons. The summed E-state index contributed by atoms with van der Waals surface area (Å²) in [6, 6.07) is 15.3. The van der Waals surface area contributed by atoms with Gasteiger partial charge in [-0.25, -0.2) is 9.59 Å². The molecule has 2 aliphatic rings. The fraction of sp³-hybridized carbons (Fsp3) is 0.423. The lowest BCUT2D eigenvalue weighted by molar-refractivity contribution is -0.143. The summed E-state index contributed by atoms with van der Waals surface area (Å²) in [4.78, 5) is 35.9. The van der Waals surface area contributed by atoms with E-state index >= 15 is 0 Å². The number of hydrogen-bond acceptors (Lipinski definition) is 5. The van der Waals surface area contributed by atoms with E-state index in [0.29, 0.717) is 6.42 Å². The van der Waals surface area contributed by atoms with Crippen LogP contribution in [-0.4, -0.2) is 55.5 Å². The fourth-order valence-corrected chi connectivity index (χ4v) is 5.05. The number of fused-ring (bicyclic) bond motifs is 3. The van der Waals surface area contributed by atoms with Crippen molar-refractivity contribution < 1.29 is 29.0 Å². The highest BCUT2D eigenvalue weighted by Gasteiger charge is 2.31. The van der Waals surface area contributed by atoms with Gasteiger partial charge in [0.1, 0.15) is 6.61 Å². The van der Waals surface area contributed by atoms with Crippen LogP contribution in [0.15, 0.2) is 48.5 Å². The van der Waals surface area contributed by atoms with Crippen molar-refractivity contribution in [1.82, 2.24) is 10.6 Å². The minimum Gasteiger partial charge on any atom is -0.480 e. The van der Waals surface area contributed by atoms with Crippen molar-refractivity contribution >= 4 is 18.0 Å². The second-order valence-corrected chi connectivity index (χ2v) is 8.96. The summed E-state index contributed by atoms with van der Waals surface area (Å²) >= 11 is 0. The first-order valence-corrected chi connectivity index (χ1v) is 11.6. The zero-order chi connectivity index (χ0) is 24.1. The molecule has 2 unspecified atom stereocenters. The average Bonchev–Trinajstić information content (AvgIpc) is 3.39. The molecule has 1 saturated carbocycles. The van der Waals surface area contributed by atoms with Crippen LogP contribution in [-0.2, 0) is 19.1 Å². The van der Waals surface area contributed by atoms with Crippen LogP contribution in [0.5, 0.6) is 0 Å². The number of amides is 2. The molecule has 2 amide bonds. The second-order valence-electron chi connectivity index (χ2n) is 8.96. The Morgan fingerprint density at radius 2 is 1.68 bits per heavy atom. The SMILES string of the molecule is COC[C@H](NC(=O)CC1CCC(NC(=O)OCC2c3ccccc3-c3ccccc32)C1)C(=O)O. The van der Waals surface area contributed by atoms with Crippen molar-refractivity contribution in [2.75, 3.05) is 20.3 Å². The maximum absolute atomic E-state index is 12.5. The third-order valence-electron chi connectivity index (χ3n) is 6.65. The third-order valence-corrected chi connectivity index (χ3v) is 6.65. The Bertz CT molecular complexity index is 1010. The zero-order valence-corrected chi connectivity index (χ0v) is 19.2. The Morgan fingerprint density at radius 3 is 2.29 bits per heavy atom. The topological polar surface area (TPSA) is 114 Å². The Hall–Kier alpha value is -3.39. The van der Waals surface area contributed by atoms with Crippen LogP contribution < -0.4 is 10.6 Å². The van der Waals surface area contributed by atoms with Crippen molar-refractivity contribution in [1.29, 1.82) is 0 Å². The minimum absolute atomic E-state index is 0.00690. The molecule has 0 bridgehead atoms. The van der Waals surface area contributed by atoms with Gasteiger partial charge in [0.15, 0.2) is 6.04 Å². The second kappa shape index (κ2) is 10.7. The molecule has 0 aromatic heterocycles. The molecule has 8 heteroatoms. The van der Waals surface area contributed by atoms with E-state index < -0.39 is 18.1 Å². The van der Waals surface area contributed by atoms with Crippen LogP contribution in [0.2, 0.25) is 0 Å². The van der Waals surface area contributed by atoms with Crippen molar-refractivity contribution in [3.05, 3.63) is 59.7 Å². The van der Waals surface area contributed by atoms with E-state index in [9.17, 15) is 14.4 Å². The molecule has 34 heavy (non-hydrogen) atoms. The molecule has 1 fully saturated rings. The fourth-order valence-electron chi connectivity index (χ4n) is 5.05. The van der Waals surface area contributed by atoms with E-state index in [1.807, 2.05) is 24.3 Å². The highest BCUT2D eigenvalue weighted by atomic mass is 16.5. The Labute approximate surface area is 198 Å². The van der Waals surface area contributed by atoms with Crippen molar-refractivity contribution in [3.8, 4) is 11.1 Å². The van der Waals surface area contributed by atoms with E-state index in [0.717, 1.165) is 24.0 Å². The summed E-state index contributed by atoms with van der Waals surface area (Å²) in [6.07, 6.45) is 1.95. The number of methoxy groups -OCH3 is 1. The molecule has 2 aromatic rings. The van der Waals surface area contributed by atoms with E-state index in [-0.39, 0.29) is 43.4 Å². The van der Waals surface area contributed by atoms with Gasteiger partial charge >= 0.3 is 12.1 Å². The summed E-state index contributed by atoms with van der Waals surface area (Å²) in [5.41, 5.74) is 4.69. The van der Waals surface area contributed by atoms with Gasteiger partial charge in [0.05, 0.1) is 6.61 Å². The number of carbonyl (C=O) groups excluding carboxylic acids is 2. The number of carbonyl (C=O) groups is 3. The molecular formula is C26H30N2O6. The predicted octanol–water partition coefficient (Wildman–Crippen LogP) is 3.30. The van der Waals surface area contributed by atoms with Gasteiger partial charge in [0.25, 0.3) is 0 Å². The molecule has 0 saturated heterocycles. The van der Waals surface area contributed by atoms with Gasteiger partial charge in [-0.2, -0.15) is 0 Å². The molecule has 0 spiro atoms. The highest BCUT2D eigenvalue weighted by Crippen LogP contribution is 2.44. The van der Waals surface area contributed by atoms with Crippen molar-refractivity contribution in [2.24, 2.45) is 5.92 Å². The van der Waals surface area contributed by atoms with Crippen LogP contribution >= 0.6 is 0 Å².